The Morgan fingerprint density at radius 1 is 1.17 bits per heavy atom. The Hall–Kier alpha value is -2.58. The molecule has 1 aliphatic rings. The third-order valence-corrected chi connectivity index (χ3v) is 6.33. The quantitative estimate of drug-likeness (QED) is 0.633. The summed E-state index contributed by atoms with van der Waals surface area (Å²) in [5, 5.41) is 1.07. The summed E-state index contributed by atoms with van der Waals surface area (Å²) in [5.74, 6) is -1.82. The monoisotopic (exact) mass is 417 g/mol. The first-order valence-corrected chi connectivity index (χ1v) is 10.3. The second-order valence-corrected chi connectivity index (χ2v) is 8.04. The van der Waals surface area contributed by atoms with E-state index < -0.39 is 11.6 Å². The van der Waals surface area contributed by atoms with Crippen LogP contribution < -0.4 is 4.74 Å². The molecule has 0 radical (unpaired) electrons. The number of hydrogen-bond donors (Lipinski definition) is 0. The zero-order valence-corrected chi connectivity index (χ0v) is 16.8. The van der Waals surface area contributed by atoms with E-state index in [4.69, 9.17) is 9.72 Å². The molecule has 1 unspecified atom stereocenters. The van der Waals surface area contributed by atoms with Crippen LogP contribution in [-0.4, -0.2) is 53.5 Å². The molecule has 0 spiro atoms. The predicted molar refractivity (Wildman–Crippen MR) is 108 cm³/mol. The Morgan fingerprint density at radius 3 is 2.66 bits per heavy atom. The lowest BCUT2D eigenvalue weighted by atomic mass is 10.2. The van der Waals surface area contributed by atoms with Crippen LogP contribution in [-0.2, 0) is 4.79 Å². The maximum absolute atomic E-state index is 13.6. The van der Waals surface area contributed by atoms with Gasteiger partial charge in [-0.05, 0) is 31.2 Å². The number of halogens is 2. The van der Waals surface area contributed by atoms with E-state index in [0.29, 0.717) is 13.1 Å². The van der Waals surface area contributed by atoms with Crippen LogP contribution in [0.4, 0.5) is 8.78 Å². The number of thiazole rings is 1. The van der Waals surface area contributed by atoms with Gasteiger partial charge in [-0.15, -0.1) is 11.3 Å². The number of hydrogen-bond acceptors (Lipinski definition) is 5. The highest BCUT2D eigenvalue weighted by Crippen LogP contribution is 2.30. The van der Waals surface area contributed by atoms with E-state index in [1.54, 1.807) is 16.2 Å². The van der Waals surface area contributed by atoms with Gasteiger partial charge in [0.25, 0.3) is 5.91 Å². The number of piperazine rings is 1. The van der Waals surface area contributed by atoms with Crippen molar-refractivity contribution in [3.8, 4) is 5.75 Å². The minimum atomic E-state index is -0.813. The van der Waals surface area contributed by atoms with Crippen LogP contribution in [0.15, 0.2) is 42.5 Å². The van der Waals surface area contributed by atoms with Crippen molar-refractivity contribution >= 4 is 27.5 Å². The van der Waals surface area contributed by atoms with Crippen molar-refractivity contribution in [1.29, 1.82) is 0 Å². The molecule has 8 heteroatoms. The number of carbonyl (C=O) groups excluding carboxylic acids is 1. The van der Waals surface area contributed by atoms with Gasteiger partial charge in [0.2, 0.25) is 0 Å². The number of fused-ring (bicyclic) bond motifs is 1. The Balaban J connectivity index is 1.30. The molecule has 0 bridgehead atoms. The molecule has 29 heavy (non-hydrogen) atoms. The molecule has 5 nitrogen and oxygen atoms in total. The van der Waals surface area contributed by atoms with Crippen molar-refractivity contribution < 1.29 is 18.3 Å². The molecule has 1 aliphatic heterocycles. The van der Waals surface area contributed by atoms with Crippen LogP contribution in [0.1, 0.15) is 18.0 Å². The van der Waals surface area contributed by atoms with E-state index >= 15 is 0 Å². The number of nitrogens with zero attached hydrogens (tertiary/aromatic N) is 3. The van der Waals surface area contributed by atoms with Crippen molar-refractivity contribution in [3.05, 3.63) is 59.1 Å². The molecular formula is C21H21F2N3O2S. The van der Waals surface area contributed by atoms with Crippen molar-refractivity contribution in [2.24, 2.45) is 0 Å². The average molecular weight is 417 g/mol. The highest BCUT2D eigenvalue weighted by atomic mass is 32.1. The van der Waals surface area contributed by atoms with Crippen LogP contribution in [0.3, 0.4) is 0 Å². The number of aromatic nitrogens is 1. The van der Waals surface area contributed by atoms with Crippen molar-refractivity contribution in [3.63, 3.8) is 0 Å². The molecule has 0 N–H and O–H groups in total. The molecule has 152 valence electrons. The van der Waals surface area contributed by atoms with Crippen molar-refractivity contribution in [2.45, 2.75) is 13.0 Å². The molecule has 2 heterocycles. The molecule has 0 saturated carbocycles. The third kappa shape index (κ3) is 4.38. The normalized spacial score (nSPS) is 16.2. The second-order valence-electron chi connectivity index (χ2n) is 6.98. The van der Waals surface area contributed by atoms with Crippen LogP contribution in [0.5, 0.6) is 5.75 Å². The van der Waals surface area contributed by atoms with Crippen molar-refractivity contribution in [1.82, 2.24) is 14.8 Å². The topological polar surface area (TPSA) is 45.7 Å². The van der Waals surface area contributed by atoms with Gasteiger partial charge in [0.1, 0.15) is 10.8 Å². The van der Waals surface area contributed by atoms with Crippen molar-refractivity contribution in [2.75, 3.05) is 32.8 Å². The van der Waals surface area contributed by atoms with Gasteiger partial charge in [0.05, 0.1) is 16.3 Å². The summed E-state index contributed by atoms with van der Waals surface area (Å²) in [6.45, 7) is 4.47. The SMILES string of the molecule is CC(c1nc2ccccc2s1)N1CCN(C(=O)COc2ccc(F)cc2F)CC1. The van der Waals surface area contributed by atoms with Gasteiger partial charge in [0.15, 0.2) is 18.2 Å². The molecule has 0 aliphatic carbocycles. The first-order valence-electron chi connectivity index (χ1n) is 9.46. The van der Waals surface area contributed by atoms with E-state index in [1.807, 2.05) is 18.2 Å². The lowest BCUT2D eigenvalue weighted by Crippen LogP contribution is -2.50. The van der Waals surface area contributed by atoms with Gasteiger partial charge in [0, 0.05) is 32.2 Å². The number of ether oxygens (including phenoxy) is 1. The zero-order valence-electron chi connectivity index (χ0n) is 16.0. The first-order chi connectivity index (χ1) is 14.0. The second kappa shape index (κ2) is 8.42. The number of amides is 1. The van der Waals surface area contributed by atoms with Gasteiger partial charge >= 0.3 is 0 Å². The summed E-state index contributed by atoms with van der Waals surface area (Å²) in [4.78, 5) is 21.1. The van der Waals surface area contributed by atoms with E-state index in [1.165, 1.54) is 10.8 Å². The Bertz CT molecular complexity index is 985. The molecule has 1 aromatic heterocycles. The molecular weight excluding hydrogens is 396 g/mol. The summed E-state index contributed by atoms with van der Waals surface area (Å²) in [7, 11) is 0. The standard InChI is InChI=1S/C21H21F2N3O2S/c1-14(21-24-17-4-2-3-5-19(17)29-21)25-8-10-26(11-9-25)20(27)13-28-18-7-6-15(22)12-16(18)23/h2-7,12,14H,8-11,13H2,1H3. The fraction of sp³-hybridized carbons (Fsp3) is 0.333. The fourth-order valence-corrected chi connectivity index (χ4v) is 4.46. The van der Waals surface area contributed by atoms with Crippen LogP contribution >= 0.6 is 11.3 Å². The number of rotatable bonds is 5. The Morgan fingerprint density at radius 2 is 1.93 bits per heavy atom. The summed E-state index contributed by atoms with van der Waals surface area (Å²) < 4.78 is 33.0. The number of para-hydroxylation sites is 1. The molecule has 3 aromatic rings. The number of benzene rings is 2. The van der Waals surface area contributed by atoms with Crippen LogP contribution in [0.25, 0.3) is 10.2 Å². The minimum Gasteiger partial charge on any atom is -0.481 e. The van der Waals surface area contributed by atoms with Gasteiger partial charge in [-0.1, -0.05) is 12.1 Å². The van der Waals surface area contributed by atoms with Gasteiger partial charge in [-0.25, -0.2) is 13.8 Å². The van der Waals surface area contributed by atoms with Gasteiger partial charge < -0.3 is 9.64 Å². The van der Waals surface area contributed by atoms with E-state index in [0.717, 1.165) is 35.7 Å². The molecule has 1 amide bonds. The first kappa shape index (κ1) is 19.7. The zero-order chi connectivity index (χ0) is 20.4. The van der Waals surface area contributed by atoms with E-state index in [2.05, 4.69) is 17.9 Å². The Labute approximate surface area is 171 Å². The molecule has 2 aromatic carbocycles. The highest BCUT2D eigenvalue weighted by Gasteiger charge is 2.26. The minimum absolute atomic E-state index is 0.122. The average Bonchev–Trinajstić information content (AvgIpc) is 3.17. The molecule has 1 fully saturated rings. The summed E-state index contributed by atoms with van der Waals surface area (Å²) in [6.07, 6.45) is 0. The van der Waals surface area contributed by atoms with E-state index in [-0.39, 0.29) is 24.3 Å². The Kier molecular flexibility index (Phi) is 5.73. The molecule has 1 saturated heterocycles. The fourth-order valence-electron chi connectivity index (χ4n) is 3.41. The molecule has 4 rings (SSSR count). The summed E-state index contributed by atoms with van der Waals surface area (Å²) in [6, 6.07) is 11.3. The summed E-state index contributed by atoms with van der Waals surface area (Å²) in [5.41, 5.74) is 1.01. The largest absolute Gasteiger partial charge is 0.481 e. The smallest absolute Gasteiger partial charge is 0.260 e. The summed E-state index contributed by atoms with van der Waals surface area (Å²) >= 11 is 1.70. The lowest BCUT2D eigenvalue weighted by Gasteiger charge is -2.37. The highest BCUT2D eigenvalue weighted by molar-refractivity contribution is 7.18. The predicted octanol–water partition coefficient (Wildman–Crippen LogP) is 3.86. The lowest BCUT2D eigenvalue weighted by molar-refractivity contribution is -0.135. The third-order valence-electron chi connectivity index (χ3n) is 5.13. The molecule has 1 atom stereocenters. The maximum atomic E-state index is 13.6. The van der Waals surface area contributed by atoms with Gasteiger partial charge in [-0.2, -0.15) is 0 Å². The van der Waals surface area contributed by atoms with Crippen LogP contribution in [0.2, 0.25) is 0 Å². The van der Waals surface area contributed by atoms with E-state index in [9.17, 15) is 13.6 Å². The number of carbonyl (C=O) groups is 1. The van der Waals surface area contributed by atoms with Gasteiger partial charge in [-0.3, -0.25) is 9.69 Å². The van der Waals surface area contributed by atoms with Crippen LogP contribution in [0, 0.1) is 11.6 Å². The maximum Gasteiger partial charge on any atom is 0.260 e.